The Labute approximate surface area is 260 Å². The fourth-order valence-corrected chi connectivity index (χ4v) is 3.93. The summed E-state index contributed by atoms with van der Waals surface area (Å²) in [6, 6.07) is 19.8. The van der Waals surface area contributed by atoms with E-state index in [-0.39, 0.29) is 25.9 Å². The fourth-order valence-electron chi connectivity index (χ4n) is 3.93. The van der Waals surface area contributed by atoms with Crippen LogP contribution in [0.5, 0.6) is 0 Å². The number of alkyl halides is 3. The van der Waals surface area contributed by atoms with Gasteiger partial charge in [-0.25, -0.2) is 28.5 Å². The molecule has 3 aromatic carbocycles. The highest BCUT2D eigenvalue weighted by Gasteiger charge is 2.43. The van der Waals surface area contributed by atoms with Gasteiger partial charge in [-0.15, -0.1) is 0 Å². The molecule has 0 saturated heterocycles. The lowest BCUT2D eigenvalue weighted by molar-refractivity contribution is -0.286. The molecule has 4 amide bonds. The van der Waals surface area contributed by atoms with E-state index in [2.05, 4.69) is 31.0 Å². The van der Waals surface area contributed by atoms with Crippen LogP contribution >= 0.6 is 0 Å². The molecule has 4 N–H and O–H groups in total. The number of carbonyl (C=O) groups excluding carboxylic acids is 5. The molecule has 0 bridgehead atoms. The molecule has 0 spiro atoms. The van der Waals surface area contributed by atoms with Crippen LogP contribution in [0.15, 0.2) is 78.9 Å². The van der Waals surface area contributed by atoms with Crippen LogP contribution in [0.3, 0.4) is 0 Å². The molecule has 1 unspecified atom stereocenters. The minimum Gasteiger partial charge on any atom is -0.347 e. The molecular formula is C31H30F4N4O7. The number of hydrogen-bond donors (Lipinski definition) is 4. The summed E-state index contributed by atoms with van der Waals surface area (Å²) in [7, 11) is 0. The molecule has 0 aliphatic rings. The molecule has 11 nitrogen and oxygen atoms in total. The first-order chi connectivity index (χ1) is 21.9. The third-order valence-electron chi connectivity index (χ3n) is 6.25. The second-order valence-electron chi connectivity index (χ2n) is 9.75. The minimum atomic E-state index is -5.38. The summed E-state index contributed by atoms with van der Waals surface area (Å²) in [4.78, 5) is 67.3. The average molecular weight is 647 g/mol. The van der Waals surface area contributed by atoms with E-state index >= 15 is 0 Å². The van der Waals surface area contributed by atoms with Gasteiger partial charge in [-0.05, 0) is 40.8 Å². The van der Waals surface area contributed by atoms with Gasteiger partial charge in [-0.1, -0.05) is 66.7 Å². The number of nitrogens with one attached hydrogen (secondary N) is 4. The van der Waals surface area contributed by atoms with Crippen LogP contribution in [-0.2, 0) is 35.5 Å². The molecule has 3 aromatic rings. The van der Waals surface area contributed by atoms with Gasteiger partial charge in [0, 0.05) is 19.5 Å². The molecule has 244 valence electrons. The molecule has 0 radical (unpaired) electrons. The van der Waals surface area contributed by atoms with Gasteiger partial charge in [0.05, 0.1) is 19.0 Å². The predicted octanol–water partition coefficient (Wildman–Crippen LogP) is 4.00. The number of halogens is 4. The molecule has 3 rings (SSSR count). The van der Waals surface area contributed by atoms with Crippen molar-refractivity contribution in [2.45, 2.75) is 38.0 Å². The Morgan fingerprint density at radius 1 is 0.739 bits per heavy atom. The quantitative estimate of drug-likeness (QED) is 0.0949. The number of amides is 4. The minimum absolute atomic E-state index is 0.0349. The number of carbonyl (C=O) groups is 5. The number of rotatable bonds is 13. The maximum Gasteiger partial charge on any atom is 0.495 e. The second kappa shape index (κ2) is 17.1. The first-order valence-corrected chi connectivity index (χ1v) is 13.9. The molecule has 0 aliphatic carbocycles. The van der Waals surface area contributed by atoms with E-state index in [0.29, 0.717) is 11.1 Å². The van der Waals surface area contributed by atoms with Crippen molar-refractivity contribution >= 4 is 29.8 Å². The third-order valence-corrected chi connectivity index (χ3v) is 6.25. The SMILES string of the molecule is O=C(CCCNC(=O)NCc1ccc(F)cc1)NCC(=O)NC(CC(=O)OOC(=O)C(F)(F)F)c1ccc(-c2ccccc2)cc1. The number of benzene rings is 3. The monoisotopic (exact) mass is 646 g/mol. The van der Waals surface area contributed by atoms with Crippen molar-refractivity contribution in [2.75, 3.05) is 13.1 Å². The Morgan fingerprint density at radius 2 is 1.39 bits per heavy atom. The van der Waals surface area contributed by atoms with Crippen LogP contribution in [0.1, 0.15) is 36.4 Å². The van der Waals surface area contributed by atoms with Crippen LogP contribution in [0.25, 0.3) is 11.1 Å². The van der Waals surface area contributed by atoms with E-state index in [1.807, 2.05) is 30.3 Å². The van der Waals surface area contributed by atoms with Gasteiger partial charge in [0.25, 0.3) is 0 Å². The van der Waals surface area contributed by atoms with E-state index in [4.69, 9.17) is 0 Å². The predicted molar refractivity (Wildman–Crippen MR) is 154 cm³/mol. The maximum absolute atomic E-state index is 13.0. The zero-order chi connectivity index (χ0) is 33.5. The normalized spacial score (nSPS) is 11.5. The van der Waals surface area contributed by atoms with E-state index in [1.165, 1.54) is 24.3 Å². The Hall–Kier alpha value is -5.47. The van der Waals surface area contributed by atoms with Crippen molar-refractivity contribution < 1.29 is 51.3 Å². The van der Waals surface area contributed by atoms with E-state index in [0.717, 1.165) is 11.1 Å². The topological polar surface area (TPSA) is 152 Å². The molecule has 0 aromatic heterocycles. The average Bonchev–Trinajstić information content (AvgIpc) is 3.04. The third kappa shape index (κ3) is 12.3. The van der Waals surface area contributed by atoms with Gasteiger partial charge >= 0.3 is 24.1 Å². The summed E-state index contributed by atoms with van der Waals surface area (Å²) in [6.07, 6.45) is -5.87. The molecule has 0 heterocycles. The smallest absolute Gasteiger partial charge is 0.347 e. The molecule has 0 saturated carbocycles. The first-order valence-electron chi connectivity index (χ1n) is 13.9. The standard InChI is InChI=1S/C31H30F4N4O7/c32-24-14-8-20(9-15-24)18-38-30(44)36-16-4-7-26(40)37-19-27(41)39-25(17-28(42)45-46-29(43)31(33,34)35)23-12-10-22(11-13-23)21-5-2-1-3-6-21/h1-3,5-6,8-15,25H,4,7,16-19H2,(H,37,40)(H,39,41)(H2,36,38,44). The fraction of sp³-hybridized carbons (Fsp3) is 0.258. The Morgan fingerprint density at radius 3 is 2.04 bits per heavy atom. The highest BCUT2D eigenvalue weighted by atomic mass is 19.4. The lowest BCUT2D eigenvalue weighted by Crippen LogP contribution is -2.40. The summed E-state index contributed by atoms with van der Waals surface area (Å²) in [6.45, 7) is -0.172. The van der Waals surface area contributed by atoms with Crippen LogP contribution in [0.2, 0.25) is 0 Å². The first kappa shape index (κ1) is 35.0. The van der Waals surface area contributed by atoms with Gasteiger partial charge in [0.1, 0.15) is 5.82 Å². The van der Waals surface area contributed by atoms with Gasteiger partial charge in [0.2, 0.25) is 11.8 Å². The second-order valence-corrected chi connectivity index (χ2v) is 9.75. The lowest BCUT2D eigenvalue weighted by Gasteiger charge is -2.19. The van der Waals surface area contributed by atoms with Gasteiger partial charge in [-0.3, -0.25) is 9.59 Å². The zero-order valence-electron chi connectivity index (χ0n) is 24.2. The van der Waals surface area contributed by atoms with Crippen LogP contribution in [0, 0.1) is 5.82 Å². The van der Waals surface area contributed by atoms with Crippen molar-refractivity contribution in [3.63, 3.8) is 0 Å². The van der Waals surface area contributed by atoms with Crippen molar-refractivity contribution in [1.82, 2.24) is 21.3 Å². The van der Waals surface area contributed by atoms with E-state index in [1.54, 1.807) is 24.3 Å². The molecule has 1 atom stereocenters. The number of urea groups is 1. The Balaban J connectivity index is 1.47. The molecule has 46 heavy (non-hydrogen) atoms. The van der Waals surface area contributed by atoms with Crippen LogP contribution < -0.4 is 21.3 Å². The van der Waals surface area contributed by atoms with Crippen molar-refractivity contribution in [2.24, 2.45) is 0 Å². The molecule has 0 aliphatic heterocycles. The highest BCUT2D eigenvalue weighted by molar-refractivity contribution is 5.85. The molecular weight excluding hydrogens is 616 g/mol. The Bertz CT molecular complexity index is 1490. The van der Waals surface area contributed by atoms with Crippen molar-refractivity contribution in [1.29, 1.82) is 0 Å². The van der Waals surface area contributed by atoms with Gasteiger partial charge in [0.15, 0.2) is 0 Å². The number of hydrogen-bond acceptors (Lipinski definition) is 7. The van der Waals surface area contributed by atoms with Crippen LogP contribution in [0.4, 0.5) is 22.4 Å². The van der Waals surface area contributed by atoms with Crippen molar-refractivity contribution in [3.05, 3.63) is 95.8 Å². The molecule has 0 fully saturated rings. The van der Waals surface area contributed by atoms with Gasteiger partial charge in [-0.2, -0.15) is 13.2 Å². The maximum atomic E-state index is 13.0. The van der Waals surface area contributed by atoms with Crippen molar-refractivity contribution in [3.8, 4) is 11.1 Å². The summed E-state index contributed by atoms with van der Waals surface area (Å²) in [5, 5.41) is 10.1. The summed E-state index contributed by atoms with van der Waals surface area (Å²) < 4.78 is 50.1. The molecule has 15 heteroatoms. The zero-order valence-corrected chi connectivity index (χ0v) is 24.2. The van der Waals surface area contributed by atoms with Gasteiger partial charge < -0.3 is 21.3 Å². The Kier molecular flexibility index (Phi) is 13.0. The summed E-state index contributed by atoms with van der Waals surface area (Å²) >= 11 is 0. The highest BCUT2D eigenvalue weighted by Crippen LogP contribution is 2.24. The van der Waals surface area contributed by atoms with E-state index in [9.17, 15) is 41.5 Å². The van der Waals surface area contributed by atoms with E-state index < -0.39 is 60.8 Å². The summed E-state index contributed by atoms with van der Waals surface area (Å²) in [5.74, 6) is -5.73. The lowest BCUT2D eigenvalue weighted by atomic mass is 9.99. The summed E-state index contributed by atoms with van der Waals surface area (Å²) in [5.41, 5.74) is 2.77. The largest absolute Gasteiger partial charge is 0.495 e. The van der Waals surface area contributed by atoms with Crippen LogP contribution in [-0.4, -0.2) is 49.0 Å².